The molecule has 3 aliphatic heterocycles. The van der Waals surface area contributed by atoms with Gasteiger partial charge in [-0.1, -0.05) is 90.9 Å². The molecule has 0 radical (unpaired) electrons. The van der Waals surface area contributed by atoms with Crippen LogP contribution in [0.3, 0.4) is 0 Å². The predicted molar refractivity (Wildman–Crippen MR) is 204 cm³/mol. The number of amides is 1. The minimum atomic E-state index is -1.96. The molecule has 3 rings (SSSR count). The van der Waals surface area contributed by atoms with Gasteiger partial charge in [0.05, 0.1) is 38.6 Å². The minimum absolute atomic E-state index is 0.262. The summed E-state index contributed by atoms with van der Waals surface area (Å²) >= 11 is 0. The molecule has 0 spiro atoms. The maximum absolute atomic E-state index is 12.9. The van der Waals surface area contributed by atoms with Crippen molar-refractivity contribution < 1.29 is 89.4 Å². The largest absolute Gasteiger partial charge is 0.394 e. The Hall–Kier alpha value is -1.21. The summed E-state index contributed by atoms with van der Waals surface area (Å²) in [5.41, 5.74) is 0. The highest BCUT2D eigenvalue weighted by Crippen LogP contribution is 2.33. The van der Waals surface area contributed by atoms with Crippen molar-refractivity contribution >= 4 is 5.91 Å². The van der Waals surface area contributed by atoms with E-state index >= 15 is 0 Å². The monoisotopic (exact) mass is 843 g/mol. The second kappa shape index (κ2) is 27.0. The highest BCUT2D eigenvalue weighted by molar-refractivity contribution is 5.76. The molecule has 3 heterocycles. The molecule has 0 aromatic heterocycles. The summed E-state index contributed by atoms with van der Waals surface area (Å²) in [6.45, 7) is 1.57. The van der Waals surface area contributed by atoms with Crippen molar-refractivity contribution in [2.45, 2.75) is 214 Å². The highest BCUT2D eigenvalue weighted by atomic mass is 16.8. The summed E-state index contributed by atoms with van der Waals surface area (Å²) in [6, 6.07) is -0.872. The Morgan fingerprint density at radius 1 is 0.552 bits per heavy atom. The quantitative estimate of drug-likeness (QED) is 0.0406. The first kappa shape index (κ1) is 51.1. The van der Waals surface area contributed by atoms with E-state index in [0.717, 1.165) is 51.4 Å². The number of rotatable bonds is 27. The Kier molecular flexibility index (Phi) is 23.8. The van der Waals surface area contributed by atoms with Gasteiger partial charge in [-0.3, -0.25) is 4.79 Å². The van der Waals surface area contributed by atoms with Crippen molar-refractivity contribution in [2.24, 2.45) is 0 Å². The number of nitrogens with one attached hydrogen (secondary N) is 1. The maximum atomic E-state index is 12.9. The molecule has 19 heteroatoms. The molecule has 0 bridgehead atoms. The van der Waals surface area contributed by atoms with Crippen molar-refractivity contribution in [3.05, 3.63) is 0 Å². The van der Waals surface area contributed by atoms with Crippen LogP contribution in [0.2, 0.25) is 0 Å². The van der Waals surface area contributed by atoms with Gasteiger partial charge in [-0.2, -0.15) is 0 Å². The molecule has 0 aromatic rings. The first-order valence-corrected chi connectivity index (χ1v) is 21.3. The second-order valence-electron chi connectivity index (χ2n) is 15.8. The van der Waals surface area contributed by atoms with Crippen molar-refractivity contribution in [1.82, 2.24) is 5.32 Å². The van der Waals surface area contributed by atoms with Gasteiger partial charge in [0.25, 0.3) is 0 Å². The van der Waals surface area contributed by atoms with Gasteiger partial charge < -0.3 is 89.9 Å². The molecule has 0 aliphatic carbocycles. The SMILES string of the molecule is CCCCCCCCCCC(O)C(COC1OC(CO)C(OC2OC(CO)C(OC3OC(CO)C(O)C(O)C3O)C(O)C2O)C(O)C1O)NC(=O)CCCCCCC. The smallest absolute Gasteiger partial charge is 0.220 e. The van der Waals surface area contributed by atoms with Crippen LogP contribution in [0, 0.1) is 0 Å². The Balaban J connectivity index is 1.62. The summed E-state index contributed by atoms with van der Waals surface area (Å²) in [7, 11) is 0. The fourth-order valence-electron chi connectivity index (χ4n) is 7.49. The van der Waals surface area contributed by atoms with Gasteiger partial charge in [-0.25, -0.2) is 0 Å². The third-order valence-electron chi connectivity index (χ3n) is 11.2. The van der Waals surface area contributed by atoms with E-state index in [1.165, 1.54) is 25.7 Å². The number of aliphatic hydroxyl groups excluding tert-OH is 11. The molecule has 58 heavy (non-hydrogen) atoms. The Bertz CT molecular complexity index is 1110. The number of hydrogen-bond acceptors (Lipinski definition) is 18. The standard InChI is InChI=1S/C39H73NO18/c1-3-5-7-9-10-11-13-14-16-23(44)22(40-27(45)17-15-12-8-6-4-2)21-53-37-33(51)30(48)35(25(19-42)55-37)58-39-34(52)31(49)36(26(20-43)56-39)57-38-32(50)29(47)28(46)24(18-41)54-38/h22-26,28-39,41-44,46-52H,3-21H2,1-2H3,(H,40,45). The molecule has 1 amide bonds. The van der Waals surface area contributed by atoms with Crippen LogP contribution in [-0.2, 0) is 33.2 Å². The molecule has 17 atom stereocenters. The average molecular weight is 844 g/mol. The maximum Gasteiger partial charge on any atom is 0.220 e. The van der Waals surface area contributed by atoms with Crippen LogP contribution in [0.4, 0.5) is 0 Å². The lowest BCUT2D eigenvalue weighted by molar-refractivity contribution is -0.379. The lowest BCUT2D eigenvalue weighted by atomic mass is 9.96. The van der Waals surface area contributed by atoms with Crippen LogP contribution in [-0.4, -0.2) is 193 Å². The zero-order valence-corrected chi connectivity index (χ0v) is 34.0. The summed E-state index contributed by atoms with van der Waals surface area (Å²) in [5.74, 6) is -0.262. The molecule has 0 aromatic carbocycles. The Morgan fingerprint density at radius 3 is 1.50 bits per heavy atom. The van der Waals surface area contributed by atoms with E-state index in [1.54, 1.807) is 0 Å². The van der Waals surface area contributed by atoms with Crippen LogP contribution in [0.25, 0.3) is 0 Å². The predicted octanol–water partition coefficient (Wildman–Crippen LogP) is -1.81. The van der Waals surface area contributed by atoms with Crippen LogP contribution < -0.4 is 5.32 Å². The van der Waals surface area contributed by atoms with Gasteiger partial charge in [0.1, 0.15) is 73.2 Å². The first-order chi connectivity index (χ1) is 27.8. The molecule has 3 aliphatic rings. The number of aliphatic hydroxyl groups is 11. The zero-order chi connectivity index (χ0) is 42.8. The number of hydrogen-bond donors (Lipinski definition) is 12. The van der Waals surface area contributed by atoms with E-state index in [-0.39, 0.29) is 18.9 Å². The van der Waals surface area contributed by atoms with E-state index in [0.29, 0.717) is 12.8 Å². The van der Waals surface area contributed by atoms with Crippen molar-refractivity contribution in [2.75, 3.05) is 26.4 Å². The van der Waals surface area contributed by atoms with Gasteiger partial charge >= 0.3 is 0 Å². The average Bonchev–Trinajstić information content (AvgIpc) is 3.21. The van der Waals surface area contributed by atoms with Crippen LogP contribution in [0.1, 0.15) is 110 Å². The normalized spacial score (nSPS) is 36.7. The topological polar surface area (TPSA) is 307 Å². The number of carbonyl (C=O) groups is 1. The van der Waals surface area contributed by atoms with E-state index < -0.39 is 124 Å². The molecule has 3 saturated heterocycles. The minimum Gasteiger partial charge on any atom is -0.394 e. The summed E-state index contributed by atoms with van der Waals surface area (Å²) < 4.78 is 33.9. The molecule has 19 nitrogen and oxygen atoms in total. The highest BCUT2D eigenvalue weighted by Gasteiger charge is 2.53. The lowest BCUT2D eigenvalue weighted by Gasteiger charge is -2.48. The van der Waals surface area contributed by atoms with E-state index in [4.69, 9.17) is 28.4 Å². The molecular formula is C39H73NO18. The molecule has 17 unspecified atom stereocenters. The molecular weight excluding hydrogens is 770 g/mol. The molecule has 0 saturated carbocycles. The van der Waals surface area contributed by atoms with E-state index in [2.05, 4.69) is 19.2 Å². The van der Waals surface area contributed by atoms with Gasteiger partial charge in [0.15, 0.2) is 18.9 Å². The van der Waals surface area contributed by atoms with Crippen molar-refractivity contribution in [1.29, 1.82) is 0 Å². The molecule has 3 fully saturated rings. The van der Waals surface area contributed by atoms with Crippen molar-refractivity contribution in [3.8, 4) is 0 Å². The Morgan fingerprint density at radius 2 is 0.983 bits per heavy atom. The summed E-state index contributed by atoms with van der Waals surface area (Å²) in [6.07, 6.45) is -12.5. The third kappa shape index (κ3) is 15.0. The summed E-state index contributed by atoms with van der Waals surface area (Å²) in [4.78, 5) is 12.9. The second-order valence-corrected chi connectivity index (χ2v) is 15.8. The fourth-order valence-corrected chi connectivity index (χ4v) is 7.49. The van der Waals surface area contributed by atoms with Gasteiger partial charge in [0.2, 0.25) is 5.91 Å². The third-order valence-corrected chi connectivity index (χ3v) is 11.2. The van der Waals surface area contributed by atoms with Crippen LogP contribution in [0.5, 0.6) is 0 Å². The van der Waals surface area contributed by atoms with E-state index in [9.17, 15) is 61.0 Å². The van der Waals surface area contributed by atoms with Crippen LogP contribution in [0.15, 0.2) is 0 Å². The number of carbonyl (C=O) groups excluding carboxylic acids is 1. The van der Waals surface area contributed by atoms with E-state index in [1.807, 2.05) is 0 Å². The van der Waals surface area contributed by atoms with Gasteiger partial charge in [-0.05, 0) is 12.8 Å². The summed E-state index contributed by atoms with van der Waals surface area (Å²) in [5, 5.41) is 119. The van der Waals surface area contributed by atoms with Gasteiger partial charge in [0, 0.05) is 6.42 Å². The van der Waals surface area contributed by atoms with Crippen molar-refractivity contribution in [3.63, 3.8) is 0 Å². The van der Waals surface area contributed by atoms with Gasteiger partial charge in [-0.15, -0.1) is 0 Å². The zero-order valence-electron chi connectivity index (χ0n) is 34.0. The fraction of sp³-hybridized carbons (Fsp3) is 0.974. The number of ether oxygens (including phenoxy) is 6. The Labute approximate surface area is 341 Å². The van der Waals surface area contributed by atoms with Crippen LogP contribution >= 0.6 is 0 Å². The number of unbranched alkanes of at least 4 members (excludes halogenated alkanes) is 11. The molecule has 12 N–H and O–H groups in total. The lowest BCUT2D eigenvalue weighted by Crippen LogP contribution is -2.66. The molecule has 342 valence electrons. The first-order valence-electron chi connectivity index (χ1n) is 21.3.